The van der Waals surface area contributed by atoms with Gasteiger partial charge in [-0.25, -0.2) is 0 Å². The van der Waals surface area contributed by atoms with Crippen LogP contribution in [0.25, 0.3) is 0 Å². The number of piperazine rings is 1. The number of hydrogen-bond donors (Lipinski definition) is 1. The second-order valence-corrected chi connectivity index (χ2v) is 11.1. The number of anilines is 2. The Morgan fingerprint density at radius 1 is 1.13 bits per heavy atom. The van der Waals surface area contributed by atoms with Crippen molar-refractivity contribution in [1.29, 1.82) is 0 Å². The maximum Gasteiger partial charge on any atom is 0.256 e. The van der Waals surface area contributed by atoms with Gasteiger partial charge in [-0.05, 0) is 74.8 Å². The molecule has 31 heavy (non-hydrogen) atoms. The fourth-order valence-corrected chi connectivity index (χ4v) is 5.42. The summed E-state index contributed by atoms with van der Waals surface area (Å²) < 4.78 is 2.50. The minimum Gasteiger partial charge on any atom is -0.366 e. The SMILES string of the molecule is CC(C)CC(=O)N1CCN(c2ccc(Cl)cc2NC(=O)c2cc(Br)cc(Br)c2I)CC1. The molecule has 0 bridgehead atoms. The first-order valence-electron chi connectivity index (χ1n) is 9.94. The zero-order valence-electron chi connectivity index (χ0n) is 17.2. The van der Waals surface area contributed by atoms with Gasteiger partial charge in [0.25, 0.3) is 5.91 Å². The predicted molar refractivity (Wildman–Crippen MR) is 142 cm³/mol. The molecule has 9 heteroatoms. The van der Waals surface area contributed by atoms with E-state index in [1.807, 2.05) is 23.1 Å². The number of rotatable bonds is 5. The normalized spacial score (nSPS) is 14.2. The predicted octanol–water partition coefficient (Wildman–Crippen LogP) is 6.42. The van der Waals surface area contributed by atoms with Gasteiger partial charge < -0.3 is 15.1 Å². The van der Waals surface area contributed by atoms with Crippen molar-refractivity contribution in [2.24, 2.45) is 5.92 Å². The lowest BCUT2D eigenvalue weighted by atomic mass is 10.1. The third kappa shape index (κ3) is 6.36. The zero-order chi connectivity index (χ0) is 22.7. The van der Waals surface area contributed by atoms with Gasteiger partial charge in [-0.15, -0.1) is 0 Å². The van der Waals surface area contributed by atoms with E-state index in [2.05, 4.69) is 78.5 Å². The molecule has 1 aliphatic heterocycles. The van der Waals surface area contributed by atoms with Crippen LogP contribution in [-0.2, 0) is 4.79 Å². The largest absolute Gasteiger partial charge is 0.366 e. The Balaban J connectivity index is 1.78. The van der Waals surface area contributed by atoms with Gasteiger partial charge in [-0.3, -0.25) is 9.59 Å². The summed E-state index contributed by atoms with van der Waals surface area (Å²) in [6.45, 7) is 6.85. The second kappa shape index (κ2) is 10.9. The summed E-state index contributed by atoms with van der Waals surface area (Å²) in [5.41, 5.74) is 2.13. The van der Waals surface area contributed by atoms with Gasteiger partial charge in [0.05, 0.1) is 16.9 Å². The highest BCUT2D eigenvalue weighted by atomic mass is 127. The van der Waals surface area contributed by atoms with Crippen LogP contribution in [-0.4, -0.2) is 42.9 Å². The Morgan fingerprint density at radius 3 is 2.45 bits per heavy atom. The van der Waals surface area contributed by atoms with Gasteiger partial charge >= 0.3 is 0 Å². The summed E-state index contributed by atoms with van der Waals surface area (Å²) in [5.74, 6) is 0.346. The molecule has 0 saturated carbocycles. The maximum atomic E-state index is 13.1. The van der Waals surface area contributed by atoms with Crippen molar-refractivity contribution in [2.45, 2.75) is 20.3 Å². The van der Waals surface area contributed by atoms with Crippen LogP contribution in [0.5, 0.6) is 0 Å². The Bertz CT molecular complexity index is 995. The van der Waals surface area contributed by atoms with Gasteiger partial charge in [-0.2, -0.15) is 0 Å². The molecule has 2 amide bonds. The molecule has 1 saturated heterocycles. The molecule has 1 heterocycles. The number of halogens is 4. The first kappa shape index (κ1) is 24.8. The van der Waals surface area contributed by atoms with Crippen molar-refractivity contribution >= 4 is 89.2 Å². The average molecular weight is 684 g/mol. The quantitative estimate of drug-likeness (QED) is 0.293. The van der Waals surface area contributed by atoms with Crippen LogP contribution < -0.4 is 10.2 Å². The first-order chi connectivity index (χ1) is 14.7. The Kier molecular flexibility index (Phi) is 8.68. The lowest BCUT2D eigenvalue weighted by molar-refractivity contribution is -0.132. The van der Waals surface area contributed by atoms with Crippen LogP contribution in [0.1, 0.15) is 30.6 Å². The van der Waals surface area contributed by atoms with E-state index in [-0.39, 0.29) is 11.8 Å². The Morgan fingerprint density at radius 2 is 1.81 bits per heavy atom. The highest BCUT2D eigenvalue weighted by Crippen LogP contribution is 2.32. The van der Waals surface area contributed by atoms with E-state index in [1.165, 1.54) is 0 Å². The molecule has 0 aromatic heterocycles. The molecule has 0 aliphatic carbocycles. The maximum absolute atomic E-state index is 13.1. The molecule has 5 nitrogen and oxygen atoms in total. The molecule has 0 unspecified atom stereocenters. The van der Waals surface area contributed by atoms with E-state index in [0.29, 0.717) is 54.8 Å². The summed E-state index contributed by atoms with van der Waals surface area (Å²) in [6, 6.07) is 9.22. The van der Waals surface area contributed by atoms with Crippen LogP contribution in [0.15, 0.2) is 39.3 Å². The lowest BCUT2D eigenvalue weighted by Gasteiger charge is -2.37. The summed E-state index contributed by atoms with van der Waals surface area (Å²) >= 11 is 15.3. The molecule has 0 atom stereocenters. The van der Waals surface area contributed by atoms with Crippen molar-refractivity contribution in [1.82, 2.24) is 4.90 Å². The van der Waals surface area contributed by atoms with Crippen molar-refractivity contribution in [3.8, 4) is 0 Å². The van der Waals surface area contributed by atoms with Gasteiger partial charge in [0, 0.05) is 50.1 Å². The topological polar surface area (TPSA) is 52.7 Å². The van der Waals surface area contributed by atoms with Crippen LogP contribution >= 0.6 is 66.1 Å². The zero-order valence-corrected chi connectivity index (χ0v) is 23.3. The number of nitrogens with one attached hydrogen (secondary N) is 1. The molecule has 166 valence electrons. The Labute approximate surface area is 218 Å². The van der Waals surface area contributed by atoms with Crippen molar-refractivity contribution < 1.29 is 9.59 Å². The summed E-state index contributed by atoms with van der Waals surface area (Å²) in [5, 5.41) is 3.58. The van der Waals surface area contributed by atoms with E-state index in [9.17, 15) is 9.59 Å². The molecular weight excluding hydrogens is 660 g/mol. The number of nitrogens with zero attached hydrogens (tertiary/aromatic N) is 2. The van der Waals surface area contributed by atoms with E-state index >= 15 is 0 Å². The van der Waals surface area contributed by atoms with Gasteiger partial charge in [-0.1, -0.05) is 41.4 Å². The molecule has 2 aromatic rings. The highest BCUT2D eigenvalue weighted by molar-refractivity contribution is 14.1. The number of amides is 2. The Hall–Kier alpha value is -0.840. The number of carbonyl (C=O) groups is 2. The van der Waals surface area contributed by atoms with Crippen LogP contribution in [0, 0.1) is 9.49 Å². The second-order valence-electron chi connectivity index (χ2n) is 7.83. The third-order valence-corrected chi connectivity index (χ3v) is 8.22. The number of benzene rings is 2. The summed E-state index contributed by atoms with van der Waals surface area (Å²) in [7, 11) is 0. The van der Waals surface area contributed by atoms with E-state index < -0.39 is 0 Å². The fraction of sp³-hybridized carbons (Fsp3) is 0.364. The van der Waals surface area contributed by atoms with E-state index in [0.717, 1.165) is 18.2 Å². The van der Waals surface area contributed by atoms with Crippen molar-refractivity contribution in [2.75, 3.05) is 36.4 Å². The highest BCUT2D eigenvalue weighted by Gasteiger charge is 2.24. The van der Waals surface area contributed by atoms with Crippen LogP contribution in [0.3, 0.4) is 0 Å². The smallest absolute Gasteiger partial charge is 0.256 e. The molecular formula is C22H23Br2ClIN3O2. The third-order valence-electron chi connectivity index (χ3n) is 5.00. The first-order valence-corrected chi connectivity index (χ1v) is 13.0. The molecule has 3 rings (SSSR count). The van der Waals surface area contributed by atoms with Crippen molar-refractivity contribution in [3.63, 3.8) is 0 Å². The summed E-state index contributed by atoms with van der Waals surface area (Å²) in [6.07, 6.45) is 0.573. The minimum absolute atomic E-state index is 0.203. The molecule has 0 radical (unpaired) electrons. The standard InChI is InChI=1S/C22H23Br2ClIN3O2/c1-13(2)9-20(30)29-7-5-28(6-8-29)19-4-3-15(25)12-18(19)27-22(31)16-10-14(23)11-17(24)21(16)26/h3-4,10-13H,5-9H2,1-2H3,(H,27,31). The van der Waals surface area contributed by atoms with Crippen molar-refractivity contribution in [3.05, 3.63) is 53.4 Å². The molecule has 1 fully saturated rings. The van der Waals surface area contributed by atoms with Gasteiger partial charge in [0.1, 0.15) is 0 Å². The van der Waals surface area contributed by atoms with Crippen LogP contribution in [0.4, 0.5) is 11.4 Å². The van der Waals surface area contributed by atoms with Gasteiger partial charge in [0.2, 0.25) is 5.91 Å². The number of hydrogen-bond acceptors (Lipinski definition) is 3. The average Bonchev–Trinajstić information content (AvgIpc) is 2.70. The van der Waals surface area contributed by atoms with Gasteiger partial charge in [0.15, 0.2) is 0 Å². The molecule has 1 N–H and O–H groups in total. The minimum atomic E-state index is -0.208. The van der Waals surface area contributed by atoms with Crippen LogP contribution in [0.2, 0.25) is 5.02 Å². The van der Waals surface area contributed by atoms with E-state index in [1.54, 1.807) is 12.1 Å². The molecule has 1 aliphatic rings. The fourth-order valence-electron chi connectivity index (χ4n) is 3.47. The monoisotopic (exact) mass is 681 g/mol. The lowest BCUT2D eigenvalue weighted by Crippen LogP contribution is -2.49. The number of carbonyl (C=O) groups excluding carboxylic acids is 2. The molecule has 2 aromatic carbocycles. The van der Waals surface area contributed by atoms with E-state index in [4.69, 9.17) is 11.6 Å². The molecule has 0 spiro atoms. The summed E-state index contributed by atoms with van der Waals surface area (Å²) in [4.78, 5) is 29.5.